The summed E-state index contributed by atoms with van der Waals surface area (Å²) >= 11 is 0. The van der Waals surface area contributed by atoms with Crippen molar-refractivity contribution in [3.63, 3.8) is 0 Å². The molecule has 0 atom stereocenters. The second-order valence-corrected chi connectivity index (χ2v) is 7.89. The van der Waals surface area contributed by atoms with Gasteiger partial charge in [0, 0.05) is 17.4 Å². The Balaban J connectivity index is 2.18. The molecule has 132 valence electrons. The minimum Gasteiger partial charge on any atom is -0.265 e. The summed E-state index contributed by atoms with van der Waals surface area (Å²) in [5.74, 6) is 0. The average molecular weight is 365 g/mol. The highest BCUT2D eigenvalue weighted by Gasteiger charge is 2.45. The number of rotatable bonds is 5. The Labute approximate surface area is 145 Å². The van der Waals surface area contributed by atoms with Crippen LogP contribution in [0.15, 0.2) is 59.5 Å². The van der Waals surface area contributed by atoms with E-state index >= 15 is 0 Å². The van der Waals surface area contributed by atoms with Crippen LogP contribution in [0.1, 0.15) is 11.1 Å². The Kier molecular flexibility index (Phi) is 4.62. The fraction of sp³-hybridized carbons (Fsp3) is 0.222. The maximum atomic E-state index is 13.7. The molecule has 0 unspecified atom stereocenters. The lowest BCUT2D eigenvalue weighted by molar-refractivity contribution is -0.0553. The second-order valence-electron chi connectivity index (χ2n) is 5.88. The highest BCUT2D eigenvalue weighted by molar-refractivity contribution is 7.90. The first kappa shape index (κ1) is 17.6. The van der Waals surface area contributed by atoms with Crippen molar-refractivity contribution in [3.05, 3.63) is 65.7 Å². The molecule has 4 nitrogen and oxygen atoms in total. The molecule has 1 aliphatic rings. The molecule has 3 rings (SSSR count). The van der Waals surface area contributed by atoms with Crippen LogP contribution in [0.3, 0.4) is 0 Å². The van der Waals surface area contributed by atoms with Crippen LogP contribution >= 0.6 is 0 Å². The Hall–Kier alpha value is -2.25. The molecule has 0 saturated heterocycles. The SMILES string of the molecule is CS(=O)(=O)c1ccc(C2=C(c3ccccc3)NOC2(CF)CF)cc1. The second kappa shape index (κ2) is 6.57. The molecule has 25 heavy (non-hydrogen) atoms. The van der Waals surface area contributed by atoms with E-state index < -0.39 is 28.8 Å². The van der Waals surface area contributed by atoms with Crippen LogP contribution in [0.4, 0.5) is 8.78 Å². The van der Waals surface area contributed by atoms with Crippen molar-refractivity contribution in [1.82, 2.24) is 5.48 Å². The zero-order chi connectivity index (χ0) is 18.1. The Morgan fingerprint density at radius 3 is 2.08 bits per heavy atom. The maximum absolute atomic E-state index is 13.7. The molecule has 0 bridgehead atoms. The summed E-state index contributed by atoms with van der Waals surface area (Å²) in [7, 11) is -3.36. The van der Waals surface area contributed by atoms with Gasteiger partial charge in [0.25, 0.3) is 0 Å². The molecule has 0 radical (unpaired) electrons. The van der Waals surface area contributed by atoms with E-state index in [2.05, 4.69) is 5.48 Å². The Bertz CT molecular complexity index is 890. The highest BCUT2D eigenvalue weighted by Crippen LogP contribution is 2.41. The van der Waals surface area contributed by atoms with Gasteiger partial charge in [-0.15, -0.1) is 0 Å². The van der Waals surface area contributed by atoms with Gasteiger partial charge in [-0.3, -0.25) is 10.3 Å². The van der Waals surface area contributed by atoms with Crippen LogP contribution < -0.4 is 5.48 Å². The van der Waals surface area contributed by atoms with Gasteiger partial charge in [-0.05, 0) is 17.7 Å². The molecule has 0 amide bonds. The third-order valence-corrected chi connectivity index (χ3v) is 5.25. The van der Waals surface area contributed by atoms with Gasteiger partial charge in [-0.1, -0.05) is 42.5 Å². The van der Waals surface area contributed by atoms with Crippen molar-refractivity contribution >= 4 is 21.1 Å². The van der Waals surface area contributed by atoms with E-state index in [1.54, 1.807) is 24.3 Å². The summed E-state index contributed by atoms with van der Waals surface area (Å²) in [5.41, 5.74) is 2.87. The van der Waals surface area contributed by atoms with Crippen molar-refractivity contribution in [3.8, 4) is 0 Å². The van der Waals surface area contributed by atoms with E-state index in [0.29, 0.717) is 22.4 Å². The quantitative estimate of drug-likeness (QED) is 0.884. The van der Waals surface area contributed by atoms with Crippen molar-refractivity contribution in [2.45, 2.75) is 10.5 Å². The normalized spacial score (nSPS) is 16.8. The first-order valence-electron chi connectivity index (χ1n) is 7.58. The third kappa shape index (κ3) is 3.17. The number of nitrogens with one attached hydrogen (secondary N) is 1. The molecule has 7 heteroatoms. The van der Waals surface area contributed by atoms with Gasteiger partial charge in [0.05, 0.1) is 10.6 Å². The fourth-order valence-electron chi connectivity index (χ4n) is 2.79. The molecule has 0 saturated carbocycles. The highest BCUT2D eigenvalue weighted by atomic mass is 32.2. The van der Waals surface area contributed by atoms with Crippen molar-refractivity contribution < 1.29 is 22.0 Å². The van der Waals surface area contributed by atoms with Crippen molar-refractivity contribution in [2.75, 3.05) is 19.6 Å². The van der Waals surface area contributed by atoms with Gasteiger partial charge >= 0.3 is 0 Å². The van der Waals surface area contributed by atoms with Crippen LogP contribution in [-0.4, -0.2) is 33.6 Å². The minimum absolute atomic E-state index is 0.135. The number of benzene rings is 2. The molecule has 0 spiro atoms. The molecular formula is C18H17F2NO3S. The number of hydroxylamine groups is 1. The summed E-state index contributed by atoms with van der Waals surface area (Å²) < 4.78 is 50.7. The topological polar surface area (TPSA) is 55.4 Å². The van der Waals surface area contributed by atoms with Crippen molar-refractivity contribution in [1.29, 1.82) is 0 Å². The molecule has 1 aliphatic heterocycles. The van der Waals surface area contributed by atoms with Crippen LogP contribution in [0.25, 0.3) is 11.3 Å². The monoisotopic (exact) mass is 365 g/mol. The summed E-state index contributed by atoms with van der Waals surface area (Å²) in [6.45, 7) is -2.12. The standard InChI is InChI=1S/C18H17F2NO3S/c1-25(22,23)15-9-7-13(8-10-15)16-17(14-5-3-2-4-6-14)21-24-18(16,11-19)12-20/h2-10,21H,11-12H2,1H3. The zero-order valence-electron chi connectivity index (χ0n) is 13.5. The largest absolute Gasteiger partial charge is 0.265 e. The molecule has 0 aromatic heterocycles. The lowest BCUT2D eigenvalue weighted by Gasteiger charge is -2.23. The number of alkyl halides is 2. The summed E-state index contributed by atoms with van der Waals surface area (Å²) in [6.07, 6.45) is 1.10. The van der Waals surface area contributed by atoms with Crippen LogP contribution in [-0.2, 0) is 14.7 Å². The van der Waals surface area contributed by atoms with E-state index in [9.17, 15) is 17.2 Å². The van der Waals surface area contributed by atoms with Gasteiger partial charge in [0.2, 0.25) is 0 Å². The van der Waals surface area contributed by atoms with E-state index in [1.165, 1.54) is 24.3 Å². The minimum atomic E-state index is -3.36. The number of hydrogen-bond acceptors (Lipinski definition) is 4. The lowest BCUT2D eigenvalue weighted by Crippen LogP contribution is -2.37. The molecule has 0 fully saturated rings. The first-order chi connectivity index (χ1) is 11.9. The lowest BCUT2D eigenvalue weighted by atomic mass is 9.87. The molecule has 1 heterocycles. The zero-order valence-corrected chi connectivity index (χ0v) is 14.3. The fourth-order valence-corrected chi connectivity index (χ4v) is 3.42. The van der Waals surface area contributed by atoms with Crippen LogP contribution in [0.5, 0.6) is 0 Å². The molecule has 1 N–H and O–H groups in total. The summed E-state index contributed by atoms with van der Waals surface area (Å²) in [4.78, 5) is 5.41. The smallest absolute Gasteiger partial charge is 0.180 e. The van der Waals surface area contributed by atoms with Gasteiger partial charge in [-0.2, -0.15) is 0 Å². The predicted octanol–water partition coefficient (Wildman–Crippen LogP) is 3.17. The van der Waals surface area contributed by atoms with Crippen molar-refractivity contribution in [2.24, 2.45) is 0 Å². The van der Waals surface area contributed by atoms with E-state index in [4.69, 9.17) is 4.84 Å². The molecule has 2 aromatic carbocycles. The van der Waals surface area contributed by atoms with E-state index in [-0.39, 0.29) is 4.90 Å². The number of hydrogen-bond donors (Lipinski definition) is 1. The average Bonchev–Trinajstić information content (AvgIpc) is 3.02. The third-order valence-electron chi connectivity index (χ3n) is 4.12. The van der Waals surface area contributed by atoms with E-state index in [0.717, 1.165) is 6.26 Å². The summed E-state index contributed by atoms with van der Waals surface area (Å²) in [5, 5.41) is 0. The molecular weight excluding hydrogens is 348 g/mol. The number of sulfone groups is 1. The van der Waals surface area contributed by atoms with Crippen LogP contribution in [0, 0.1) is 0 Å². The van der Waals surface area contributed by atoms with Gasteiger partial charge in [0.15, 0.2) is 15.4 Å². The molecule has 0 aliphatic carbocycles. The van der Waals surface area contributed by atoms with Gasteiger partial charge < -0.3 is 0 Å². The Morgan fingerprint density at radius 1 is 0.960 bits per heavy atom. The van der Waals surface area contributed by atoms with Crippen LogP contribution in [0.2, 0.25) is 0 Å². The number of halogens is 2. The maximum Gasteiger partial charge on any atom is 0.180 e. The first-order valence-corrected chi connectivity index (χ1v) is 9.47. The summed E-state index contributed by atoms with van der Waals surface area (Å²) in [6, 6.07) is 14.9. The predicted molar refractivity (Wildman–Crippen MR) is 91.7 cm³/mol. The Morgan fingerprint density at radius 2 is 1.56 bits per heavy atom. The van der Waals surface area contributed by atoms with Gasteiger partial charge in [-0.25, -0.2) is 17.2 Å². The molecule has 2 aromatic rings. The van der Waals surface area contributed by atoms with Gasteiger partial charge in [0.1, 0.15) is 13.3 Å². The van der Waals surface area contributed by atoms with E-state index in [1.807, 2.05) is 6.07 Å².